The van der Waals surface area contributed by atoms with Gasteiger partial charge in [-0.2, -0.15) is 0 Å². The maximum Gasteiger partial charge on any atom is 0.337 e. The van der Waals surface area contributed by atoms with E-state index in [2.05, 4.69) is 16.6 Å². The average Bonchev–Trinajstić information content (AvgIpc) is 2.53. The molecule has 4 nitrogen and oxygen atoms in total. The van der Waals surface area contributed by atoms with Crippen LogP contribution in [0.25, 0.3) is 0 Å². The first kappa shape index (κ1) is 15.6. The van der Waals surface area contributed by atoms with Gasteiger partial charge >= 0.3 is 5.97 Å². The van der Waals surface area contributed by atoms with Crippen LogP contribution in [-0.2, 0) is 9.47 Å². The Morgan fingerprint density at radius 1 is 1.29 bits per heavy atom. The molecule has 1 aromatic rings. The Balaban J connectivity index is 2.16. The summed E-state index contributed by atoms with van der Waals surface area (Å²) in [5.74, 6) is 5.54. The van der Waals surface area contributed by atoms with Gasteiger partial charge in [-0.25, -0.2) is 4.79 Å². The fourth-order valence-corrected chi connectivity index (χ4v) is 2.57. The van der Waals surface area contributed by atoms with Crippen LogP contribution in [0.3, 0.4) is 0 Å². The van der Waals surface area contributed by atoms with Gasteiger partial charge in [-0.15, -0.1) is 0 Å². The molecule has 0 bridgehead atoms. The molecule has 1 fully saturated rings. The van der Waals surface area contributed by atoms with E-state index >= 15 is 0 Å². The van der Waals surface area contributed by atoms with Crippen LogP contribution >= 0.6 is 0 Å². The number of hydrogen-bond donors (Lipinski definition) is 1. The lowest BCUT2D eigenvalue weighted by molar-refractivity contribution is -0.0795. The molecule has 0 aromatic heterocycles. The van der Waals surface area contributed by atoms with E-state index in [1.165, 1.54) is 7.11 Å². The number of carbonyl (C=O) groups excluding carboxylic acids is 1. The first-order chi connectivity index (χ1) is 10.1. The first-order valence-corrected chi connectivity index (χ1v) is 7.06. The molecule has 1 aromatic carbocycles. The topological polar surface area (TPSA) is 55.8 Å². The molecule has 2 atom stereocenters. The number of carbonyl (C=O) groups is 1. The number of rotatable bonds is 2. The molecule has 112 valence electrons. The van der Waals surface area contributed by atoms with Crippen molar-refractivity contribution < 1.29 is 19.4 Å². The van der Waals surface area contributed by atoms with Gasteiger partial charge in [0.15, 0.2) is 5.60 Å². The predicted molar refractivity (Wildman–Crippen MR) is 78.9 cm³/mol. The highest BCUT2D eigenvalue weighted by atomic mass is 16.5. The molecule has 1 saturated carbocycles. The lowest BCUT2D eigenvalue weighted by atomic mass is 9.82. The molecule has 0 radical (unpaired) electrons. The van der Waals surface area contributed by atoms with Crippen molar-refractivity contribution in [3.8, 4) is 11.8 Å². The predicted octanol–water partition coefficient (Wildman–Crippen LogP) is 2.14. The zero-order valence-corrected chi connectivity index (χ0v) is 12.4. The van der Waals surface area contributed by atoms with Gasteiger partial charge in [0.25, 0.3) is 0 Å². The van der Waals surface area contributed by atoms with Crippen molar-refractivity contribution in [2.45, 2.75) is 37.4 Å². The zero-order valence-electron chi connectivity index (χ0n) is 12.4. The monoisotopic (exact) mass is 288 g/mol. The minimum absolute atomic E-state index is 0.243. The Kier molecular flexibility index (Phi) is 5.00. The van der Waals surface area contributed by atoms with Gasteiger partial charge in [-0.1, -0.05) is 18.3 Å². The zero-order chi connectivity index (χ0) is 15.3. The summed E-state index contributed by atoms with van der Waals surface area (Å²) in [6, 6.07) is 6.81. The second-order valence-corrected chi connectivity index (χ2v) is 5.21. The lowest BCUT2D eigenvalue weighted by Gasteiger charge is -2.34. The van der Waals surface area contributed by atoms with Crippen molar-refractivity contribution in [1.29, 1.82) is 0 Å². The smallest absolute Gasteiger partial charge is 0.337 e. The molecule has 1 aliphatic carbocycles. The molecule has 2 rings (SSSR count). The second-order valence-electron chi connectivity index (χ2n) is 5.21. The minimum Gasteiger partial charge on any atom is -0.465 e. The molecule has 21 heavy (non-hydrogen) atoms. The fourth-order valence-electron chi connectivity index (χ4n) is 2.57. The Morgan fingerprint density at radius 2 is 2.00 bits per heavy atom. The summed E-state index contributed by atoms with van der Waals surface area (Å²) in [6.45, 7) is 0. The third-order valence-electron chi connectivity index (χ3n) is 3.82. The highest BCUT2D eigenvalue weighted by Crippen LogP contribution is 2.30. The van der Waals surface area contributed by atoms with Gasteiger partial charge in [0.05, 0.1) is 18.8 Å². The summed E-state index contributed by atoms with van der Waals surface area (Å²) >= 11 is 0. The minimum atomic E-state index is -1.09. The molecular weight excluding hydrogens is 268 g/mol. The number of ether oxygens (including phenoxy) is 2. The van der Waals surface area contributed by atoms with Gasteiger partial charge < -0.3 is 14.6 Å². The van der Waals surface area contributed by atoms with E-state index in [9.17, 15) is 9.90 Å². The molecule has 0 saturated heterocycles. The SMILES string of the molecule is COC(=O)c1ccc(C#CC2(O)CCCC[C@@H]2OC)cc1. The number of methoxy groups -OCH3 is 2. The van der Waals surface area contributed by atoms with Gasteiger partial charge in [0, 0.05) is 12.7 Å². The van der Waals surface area contributed by atoms with Crippen LogP contribution in [0, 0.1) is 11.8 Å². The summed E-state index contributed by atoms with van der Waals surface area (Å²) in [7, 11) is 2.95. The van der Waals surface area contributed by atoms with E-state index in [0.717, 1.165) is 24.8 Å². The molecule has 4 heteroatoms. The summed E-state index contributed by atoms with van der Waals surface area (Å²) < 4.78 is 9.99. The number of hydrogen-bond acceptors (Lipinski definition) is 4. The largest absolute Gasteiger partial charge is 0.465 e. The van der Waals surface area contributed by atoms with Crippen LogP contribution in [0.4, 0.5) is 0 Å². The Morgan fingerprint density at radius 3 is 2.62 bits per heavy atom. The lowest BCUT2D eigenvalue weighted by Crippen LogP contribution is -2.44. The molecule has 0 amide bonds. The molecule has 0 spiro atoms. The number of aliphatic hydroxyl groups is 1. The van der Waals surface area contributed by atoms with Crippen LogP contribution in [-0.4, -0.2) is 37.0 Å². The van der Waals surface area contributed by atoms with E-state index in [-0.39, 0.29) is 12.1 Å². The van der Waals surface area contributed by atoms with Gasteiger partial charge in [-0.05, 0) is 43.5 Å². The van der Waals surface area contributed by atoms with Gasteiger partial charge in [0.1, 0.15) is 0 Å². The maximum absolute atomic E-state index is 11.3. The van der Waals surface area contributed by atoms with E-state index < -0.39 is 5.60 Å². The van der Waals surface area contributed by atoms with E-state index in [1.54, 1.807) is 31.4 Å². The van der Waals surface area contributed by atoms with Crippen molar-refractivity contribution >= 4 is 5.97 Å². The van der Waals surface area contributed by atoms with Crippen molar-refractivity contribution in [1.82, 2.24) is 0 Å². The second kappa shape index (κ2) is 6.75. The fraction of sp³-hybridized carbons (Fsp3) is 0.471. The van der Waals surface area contributed by atoms with Crippen LogP contribution < -0.4 is 0 Å². The van der Waals surface area contributed by atoms with Crippen molar-refractivity contribution in [3.63, 3.8) is 0 Å². The standard InChI is InChI=1S/C17H20O4/c1-20-15-5-3-4-11-17(15,19)12-10-13-6-8-14(9-7-13)16(18)21-2/h6-9,15,19H,3-5,11H2,1-2H3/t15-,17?/m0/s1. The van der Waals surface area contributed by atoms with E-state index in [1.807, 2.05) is 0 Å². The van der Waals surface area contributed by atoms with E-state index in [0.29, 0.717) is 12.0 Å². The van der Waals surface area contributed by atoms with Crippen LogP contribution in [0.5, 0.6) is 0 Å². The van der Waals surface area contributed by atoms with E-state index in [4.69, 9.17) is 4.74 Å². The molecular formula is C17H20O4. The summed E-state index contributed by atoms with van der Waals surface area (Å²) in [6.07, 6.45) is 3.21. The summed E-state index contributed by atoms with van der Waals surface area (Å²) in [5, 5.41) is 10.6. The molecule has 1 unspecified atom stereocenters. The molecule has 0 heterocycles. The molecule has 1 N–H and O–H groups in total. The van der Waals surface area contributed by atoms with Crippen LogP contribution in [0.15, 0.2) is 24.3 Å². The normalized spacial score (nSPS) is 24.8. The Hall–Kier alpha value is -1.83. The maximum atomic E-state index is 11.3. The summed E-state index contributed by atoms with van der Waals surface area (Å²) in [5.41, 5.74) is 0.138. The highest BCUT2D eigenvalue weighted by molar-refractivity contribution is 5.89. The average molecular weight is 288 g/mol. The van der Waals surface area contributed by atoms with Gasteiger partial charge in [0.2, 0.25) is 0 Å². The van der Waals surface area contributed by atoms with Crippen molar-refractivity contribution in [2.75, 3.05) is 14.2 Å². The number of esters is 1. The Labute approximate surface area is 125 Å². The van der Waals surface area contributed by atoms with Gasteiger partial charge in [-0.3, -0.25) is 0 Å². The third kappa shape index (κ3) is 3.63. The first-order valence-electron chi connectivity index (χ1n) is 7.06. The molecule has 0 aliphatic heterocycles. The van der Waals surface area contributed by atoms with Crippen molar-refractivity contribution in [3.05, 3.63) is 35.4 Å². The number of benzene rings is 1. The highest BCUT2D eigenvalue weighted by Gasteiger charge is 2.37. The molecule has 1 aliphatic rings. The van der Waals surface area contributed by atoms with Crippen molar-refractivity contribution in [2.24, 2.45) is 0 Å². The quantitative estimate of drug-likeness (QED) is 0.669. The van der Waals surface area contributed by atoms with Crippen LogP contribution in [0.1, 0.15) is 41.6 Å². The van der Waals surface area contributed by atoms with Crippen LogP contribution in [0.2, 0.25) is 0 Å². The Bertz CT molecular complexity index is 552. The summed E-state index contributed by atoms with van der Waals surface area (Å²) in [4.78, 5) is 11.3. The third-order valence-corrected chi connectivity index (χ3v) is 3.82.